The van der Waals surface area contributed by atoms with Gasteiger partial charge in [0, 0.05) is 19.2 Å². The first-order valence-electron chi connectivity index (χ1n) is 8.90. The molecule has 26 heavy (non-hydrogen) atoms. The Labute approximate surface area is 153 Å². The molecule has 1 aliphatic heterocycles. The number of likely N-dealkylation sites (tertiary alicyclic amines) is 1. The van der Waals surface area contributed by atoms with Gasteiger partial charge in [0.1, 0.15) is 5.82 Å². The SMILES string of the molecule is COCc1ccc(C(=O)N2CCC[C@H](O)[C@@H]2Cc2ccc(F)cc2)cc1. The van der Waals surface area contributed by atoms with Crippen molar-refractivity contribution in [1.29, 1.82) is 0 Å². The zero-order valence-electron chi connectivity index (χ0n) is 14.9. The molecule has 0 saturated carbocycles. The van der Waals surface area contributed by atoms with Crippen LogP contribution in [0.2, 0.25) is 0 Å². The number of rotatable bonds is 5. The molecule has 2 aromatic carbocycles. The smallest absolute Gasteiger partial charge is 0.254 e. The Morgan fingerprint density at radius 2 is 1.81 bits per heavy atom. The Hall–Kier alpha value is -2.24. The second-order valence-corrected chi connectivity index (χ2v) is 6.74. The highest BCUT2D eigenvalue weighted by molar-refractivity contribution is 5.94. The van der Waals surface area contributed by atoms with E-state index < -0.39 is 6.10 Å². The Morgan fingerprint density at radius 1 is 1.15 bits per heavy atom. The van der Waals surface area contributed by atoms with Crippen LogP contribution in [0.15, 0.2) is 48.5 Å². The van der Waals surface area contributed by atoms with Crippen LogP contribution < -0.4 is 0 Å². The van der Waals surface area contributed by atoms with Gasteiger partial charge < -0.3 is 14.7 Å². The maximum atomic E-state index is 13.1. The van der Waals surface area contributed by atoms with Crippen LogP contribution in [0.3, 0.4) is 0 Å². The number of aliphatic hydroxyl groups is 1. The number of hydrogen-bond acceptors (Lipinski definition) is 3. The van der Waals surface area contributed by atoms with Crippen molar-refractivity contribution in [2.75, 3.05) is 13.7 Å². The summed E-state index contributed by atoms with van der Waals surface area (Å²) in [6.45, 7) is 1.12. The predicted octanol–water partition coefficient (Wildman–Crippen LogP) is 3.18. The number of aliphatic hydroxyl groups excluding tert-OH is 1. The van der Waals surface area contributed by atoms with Crippen molar-refractivity contribution in [3.8, 4) is 0 Å². The quantitative estimate of drug-likeness (QED) is 0.894. The standard InChI is InChI=1S/C21H24FNO3/c1-26-14-16-4-8-17(9-5-16)21(25)23-12-2-3-20(24)19(23)13-15-6-10-18(22)11-7-15/h4-11,19-20,24H,2-3,12-14H2,1H3/t19-,20-/m0/s1. The minimum Gasteiger partial charge on any atom is -0.391 e. The van der Waals surface area contributed by atoms with Gasteiger partial charge in [-0.15, -0.1) is 0 Å². The van der Waals surface area contributed by atoms with Crippen LogP contribution in [0.4, 0.5) is 4.39 Å². The Kier molecular flexibility index (Phi) is 6.01. The van der Waals surface area contributed by atoms with E-state index in [2.05, 4.69) is 0 Å². The molecule has 1 heterocycles. The zero-order chi connectivity index (χ0) is 18.5. The third kappa shape index (κ3) is 4.29. The summed E-state index contributed by atoms with van der Waals surface area (Å²) in [6, 6.07) is 13.3. The highest BCUT2D eigenvalue weighted by Gasteiger charge is 2.33. The zero-order valence-corrected chi connectivity index (χ0v) is 14.9. The number of benzene rings is 2. The van der Waals surface area contributed by atoms with Crippen LogP contribution in [0, 0.1) is 5.82 Å². The summed E-state index contributed by atoms with van der Waals surface area (Å²) < 4.78 is 18.2. The number of carbonyl (C=O) groups is 1. The average Bonchev–Trinajstić information content (AvgIpc) is 2.65. The van der Waals surface area contributed by atoms with Crippen LogP contribution in [-0.4, -0.2) is 41.7 Å². The second kappa shape index (κ2) is 8.43. The number of halogens is 1. The van der Waals surface area contributed by atoms with Gasteiger partial charge in [0.15, 0.2) is 0 Å². The molecule has 138 valence electrons. The van der Waals surface area contributed by atoms with Crippen molar-refractivity contribution < 1.29 is 19.0 Å². The first-order valence-corrected chi connectivity index (χ1v) is 8.90. The summed E-state index contributed by atoms with van der Waals surface area (Å²) in [5, 5.41) is 10.5. The van der Waals surface area contributed by atoms with Crippen molar-refractivity contribution in [3.63, 3.8) is 0 Å². The fraction of sp³-hybridized carbons (Fsp3) is 0.381. The minimum absolute atomic E-state index is 0.0835. The highest BCUT2D eigenvalue weighted by Crippen LogP contribution is 2.24. The van der Waals surface area contributed by atoms with Crippen LogP contribution in [0.1, 0.15) is 34.3 Å². The summed E-state index contributed by atoms with van der Waals surface area (Å²) in [7, 11) is 1.63. The Bertz CT molecular complexity index is 730. The van der Waals surface area contributed by atoms with E-state index in [1.54, 1.807) is 36.3 Å². The van der Waals surface area contributed by atoms with Crippen molar-refractivity contribution >= 4 is 5.91 Å². The number of amides is 1. The summed E-state index contributed by atoms with van der Waals surface area (Å²) in [4.78, 5) is 14.7. The lowest BCUT2D eigenvalue weighted by Crippen LogP contribution is -2.52. The first-order chi connectivity index (χ1) is 12.6. The van der Waals surface area contributed by atoms with Gasteiger partial charge in [0.05, 0.1) is 18.8 Å². The van der Waals surface area contributed by atoms with Gasteiger partial charge in [-0.1, -0.05) is 24.3 Å². The Balaban J connectivity index is 1.78. The molecule has 1 aliphatic rings. The van der Waals surface area contributed by atoms with Gasteiger partial charge >= 0.3 is 0 Å². The number of methoxy groups -OCH3 is 1. The lowest BCUT2D eigenvalue weighted by atomic mass is 9.92. The number of ether oxygens (including phenoxy) is 1. The van der Waals surface area contributed by atoms with Crippen molar-refractivity contribution in [3.05, 3.63) is 71.0 Å². The third-order valence-corrected chi connectivity index (χ3v) is 4.87. The van der Waals surface area contributed by atoms with Crippen LogP contribution >= 0.6 is 0 Å². The molecule has 4 nitrogen and oxygen atoms in total. The lowest BCUT2D eigenvalue weighted by Gasteiger charge is -2.39. The van der Waals surface area contributed by atoms with Crippen molar-refractivity contribution in [2.24, 2.45) is 0 Å². The second-order valence-electron chi connectivity index (χ2n) is 6.74. The summed E-state index contributed by atoms with van der Waals surface area (Å²) in [6.07, 6.45) is 1.37. The molecule has 0 bridgehead atoms. The lowest BCUT2D eigenvalue weighted by molar-refractivity contribution is 0.0118. The van der Waals surface area contributed by atoms with Gasteiger partial charge in [0.2, 0.25) is 0 Å². The van der Waals surface area contributed by atoms with E-state index >= 15 is 0 Å². The number of carbonyl (C=O) groups excluding carboxylic acids is 1. The third-order valence-electron chi connectivity index (χ3n) is 4.87. The van der Waals surface area contributed by atoms with E-state index in [1.807, 2.05) is 12.1 Å². The summed E-state index contributed by atoms with van der Waals surface area (Å²) in [5.41, 5.74) is 2.51. The van der Waals surface area contributed by atoms with E-state index in [4.69, 9.17) is 4.74 Å². The molecular formula is C21H24FNO3. The van der Waals surface area contributed by atoms with Crippen molar-refractivity contribution in [1.82, 2.24) is 4.90 Å². The first kappa shape index (κ1) is 18.5. The van der Waals surface area contributed by atoms with Crippen LogP contribution in [0.25, 0.3) is 0 Å². The summed E-state index contributed by atoms with van der Waals surface area (Å²) in [5.74, 6) is -0.373. The van der Waals surface area contributed by atoms with Crippen LogP contribution in [0.5, 0.6) is 0 Å². The molecule has 2 aromatic rings. The molecule has 1 fully saturated rings. The Morgan fingerprint density at radius 3 is 2.46 bits per heavy atom. The fourth-order valence-corrected chi connectivity index (χ4v) is 3.47. The van der Waals surface area contributed by atoms with Gasteiger partial charge in [0.25, 0.3) is 5.91 Å². The van der Waals surface area contributed by atoms with Crippen molar-refractivity contribution in [2.45, 2.75) is 38.0 Å². The summed E-state index contributed by atoms with van der Waals surface area (Å²) >= 11 is 0. The van der Waals surface area contributed by atoms with E-state index in [0.717, 1.165) is 17.5 Å². The van der Waals surface area contributed by atoms with E-state index in [0.29, 0.717) is 31.6 Å². The fourth-order valence-electron chi connectivity index (χ4n) is 3.47. The number of piperidine rings is 1. The van der Waals surface area contributed by atoms with E-state index in [-0.39, 0.29) is 17.8 Å². The van der Waals surface area contributed by atoms with Gasteiger partial charge in [-0.2, -0.15) is 0 Å². The van der Waals surface area contributed by atoms with Gasteiger partial charge in [-0.3, -0.25) is 4.79 Å². The average molecular weight is 357 g/mol. The number of nitrogens with zero attached hydrogens (tertiary/aromatic N) is 1. The molecule has 3 rings (SSSR count). The minimum atomic E-state index is -0.578. The predicted molar refractivity (Wildman–Crippen MR) is 97.3 cm³/mol. The molecule has 0 aromatic heterocycles. The largest absolute Gasteiger partial charge is 0.391 e. The molecule has 1 amide bonds. The maximum absolute atomic E-state index is 13.1. The molecule has 1 saturated heterocycles. The molecule has 1 N–H and O–H groups in total. The van der Waals surface area contributed by atoms with E-state index in [1.165, 1.54) is 12.1 Å². The maximum Gasteiger partial charge on any atom is 0.254 e. The van der Waals surface area contributed by atoms with Gasteiger partial charge in [-0.25, -0.2) is 4.39 Å². The molecule has 0 radical (unpaired) electrons. The van der Waals surface area contributed by atoms with E-state index in [9.17, 15) is 14.3 Å². The molecule has 0 unspecified atom stereocenters. The van der Waals surface area contributed by atoms with Crippen LogP contribution in [-0.2, 0) is 17.8 Å². The van der Waals surface area contributed by atoms with Gasteiger partial charge in [-0.05, 0) is 54.7 Å². The normalized spacial score (nSPS) is 20.2. The monoisotopic (exact) mass is 357 g/mol. The molecule has 0 aliphatic carbocycles. The molecule has 5 heteroatoms. The number of hydrogen-bond donors (Lipinski definition) is 1. The topological polar surface area (TPSA) is 49.8 Å². The molecule has 0 spiro atoms. The highest BCUT2D eigenvalue weighted by atomic mass is 19.1. The molecular weight excluding hydrogens is 333 g/mol. The molecule has 2 atom stereocenters.